The quantitative estimate of drug-likeness (QED) is 0.619. The highest BCUT2D eigenvalue weighted by atomic mass is 16.2. The first-order chi connectivity index (χ1) is 13.5. The van der Waals surface area contributed by atoms with Crippen molar-refractivity contribution in [1.29, 1.82) is 0 Å². The molecule has 0 fully saturated rings. The van der Waals surface area contributed by atoms with Gasteiger partial charge in [-0.15, -0.1) is 0 Å². The van der Waals surface area contributed by atoms with Crippen LogP contribution in [0.25, 0.3) is 0 Å². The van der Waals surface area contributed by atoms with Crippen LogP contribution in [-0.2, 0) is 11.3 Å². The molecule has 3 atom stereocenters. The van der Waals surface area contributed by atoms with E-state index in [1.807, 2.05) is 56.4 Å². The van der Waals surface area contributed by atoms with Gasteiger partial charge in [-0.1, -0.05) is 49.4 Å². The van der Waals surface area contributed by atoms with Crippen molar-refractivity contribution >= 4 is 11.8 Å². The lowest BCUT2D eigenvalue weighted by molar-refractivity contribution is -0.908. The number of carbonyl (C=O) groups excluding carboxylic acids is 2. The molecule has 1 unspecified atom stereocenters. The van der Waals surface area contributed by atoms with Gasteiger partial charge in [0.25, 0.3) is 11.8 Å². The summed E-state index contributed by atoms with van der Waals surface area (Å²) in [6, 6.07) is 17.7. The highest BCUT2D eigenvalue weighted by molar-refractivity contribution is 5.93. The van der Waals surface area contributed by atoms with Crippen LogP contribution >= 0.6 is 0 Å². The third-order valence-electron chi connectivity index (χ3n) is 5.35. The van der Waals surface area contributed by atoms with Gasteiger partial charge in [-0.3, -0.25) is 9.59 Å². The predicted octanol–water partition coefficient (Wildman–Crippen LogP) is 1.76. The lowest BCUT2D eigenvalue weighted by Crippen LogP contribution is -3.12. The molecule has 0 saturated heterocycles. The van der Waals surface area contributed by atoms with E-state index in [0.29, 0.717) is 18.0 Å². The van der Waals surface area contributed by atoms with Gasteiger partial charge in [0.15, 0.2) is 6.04 Å². The lowest BCUT2D eigenvalue weighted by atomic mass is 9.96. The van der Waals surface area contributed by atoms with Gasteiger partial charge in [-0.25, -0.2) is 0 Å². The van der Waals surface area contributed by atoms with Crippen molar-refractivity contribution in [1.82, 2.24) is 10.6 Å². The fourth-order valence-corrected chi connectivity index (χ4v) is 3.22. The molecule has 5 heteroatoms. The first-order valence-electron chi connectivity index (χ1n) is 9.92. The highest BCUT2D eigenvalue weighted by Crippen LogP contribution is 2.17. The minimum absolute atomic E-state index is 0.0638. The number of hydrogen-bond donors (Lipinski definition) is 3. The molecular formula is C23H32N3O2+. The van der Waals surface area contributed by atoms with Crippen molar-refractivity contribution < 1.29 is 14.5 Å². The van der Waals surface area contributed by atoms with Gasteiger partial charge in [0.2, 0.25) is 0 Å². The molecule has 150 valence electrons. The average Bonchev–Trinajstić information content (AvgIpc) is 2.74. The Morgan fingerprint density at radius 3 is 2.25 bits per heavy atom. The molecule has 2 rings (SSSR count). The Morgan fingerprint density at radius 2 is 1.68 bits per heavy atom. The molecule has 0 aliphatic rings. The van der Waals surface area contributed by atoms with Gasteiger partial charge in [-0.2, -0.15) is 0 Å². The van der Waals surface area contributed by atoms with Crippen LogP contribution in [0.1, 0.15) is 47.7 Å². The molecule has 0 spiro atoms. The standard InChI is InChI=1S/C23H31N3O2/c1-5-19(20-9-7-6-8-10-20)15-25-22(27)17(2)26(4)16-18-11-13-21(14-12-18)23(28)24-3/h6-14,17,19H,5,15-16H2,1-4H3,(H,24,28)(H,25,27)/p+1/t17-,19+/m1/s1. The zero-order valence-corrected chi connectivity index (χ0v) is 17.3. The Labute approximate surface area is 168 Å². The van der Waals surface area contributed by atoms with Crippen LogP contribution in [0.5, 0.6) is 0 Å². The number of benzene rings is 2. The zero-order valence-electron chi connectivity index (χ0n) is 17.3. The van der Waals surface area contributed by atoms with Crippen molar-refractivity contribution in [3.05, 3.63) is 71.3 Å². The fraction of sp³-hybridized carbons (Fsp3) is 0.391. The van der Waals surface area contributed by atoms with E-state index in [1.54, 1.807) is 7.05 Å². The van der Waals surface area contributed by atoms with Gasteiger partial charge in [-0.05, 0) is 31.0 Å². The Kier molecular flexibility index (Phi) is 8.20. The molecule has 0 aromatic heterocycles. The van der Waals surface area contributed by atoms with Crippen LogP contribution in [0.15, 0.2) is 54.6 Å². The van der Waals surface area contributed by atoms with E-state index in [2.05, 4.69) is 29.7 Å². The number of carbonyl (C=O) groups is 2. The van der Waals surface area contributed by atoms with Gasteiger partial charge < -0.3 is 15.5 Å². The van der Waals surface area contributed by atoms with Crippen molar-refractivity contribution in [2.45, 2.75) is 38.8 Å². The molecule has 2 aromatic carbocycles. The molecule has 3 N–H and O–H groups in total. The molecular weight excluding hydrogens is 350 g/mol. The smallest absolute Gasteiger partial charge is 0.278 e. The number of hydrogen-bond acceptors (Lipinski definition) is 2. The molecule has 0 saturated carbocycles. The van der Waals surface area contributed by atoms with Crippen LogP contribution in [0.2, 0.25) is 0 Å². The van der Waals surface area contributed by atoms with E-state index in [9.17, 15) is 9.59 Å². The molecule has 0 heterocycles. The molecule has 0 aliphatic carbocycles. The maximum Gasteiger partial charge on any atom is 0.278 e. The summed E-state index contributed by atoms with van der Waals surface area (Å²) in [6.07, 6.45) is 0.985. The Morgan fingerprint density at radius 1 is 1.04 bits per heavy atom. The van der Waals surface area contributed by atoms with E-state index in [4.69, 9.17) is 0 Å². The minimum Gasteiger partial charge on any atom is -0.355 e. The summed E-state index contributed by atoms with van der Waals surface area (Å²) in [5, 5.41) is 5.73. The van der Waals surface area contributed by atoms with Crippen molar-refractivity contribution in [2.75, 3.05) is 20.6 Å². The Bertz CT molecular complexity index is 759. The van der Waals surface area contributed by atoms with Gasteiger partial charge >= 0.3 is 0 Å². The second kappa shape index (κ2) is 10.6. The Balaban J connectivity index is 1.88. The summed E-state index contributed by atoms with van der Waals surface area (Å²) in [4.78, 5) is 25.4. The van der Waals surface area contributed by atoms with Crippen LogP contribution in [0, 0.1) is 0 Å². The third-order valence-corrected chi connectivity index (χ3v) is 5.35. The lowest BCUT2D eigenvalue weighted by Gasteiger charge is -2.23. The van der Waals surface area contributed by atoms with E-state index < -0.39 is 0 Å². The molecule has 5 nitrogen and oxygen atoms in total. The van der Waals surface area contributed by atoms with E-state index >= 15 is 0 Å². The summed E-state index contributed by atoms with van der Waals surface area (Å²) < 4.78 is 0. The van der Waals surface area contributed by atoms with Gasteiger partial charge in [0.1, 0.15) is 6.54 Å². The third kappa shape index (κ3) is 5.92. The number of amides is 2. The first kappa shape index (κ1) is 21.6. The fourth-order valence-electron chi connectivity index (χ4n) is 3.22. The molecule has 0 aliphatic heterocycles. The predicted molar refractivity (Wildman–Crippen MR) is 112 cm³/mol. The molecule has 0 bridgehead atoms. The summed E-state index contributed by atoms with van der Waals surface area (Å²) in [5.74, 6) is 0.299. The van der Waals surface area contributed by atoms with E-state index in [1.165, 1.54) is 5.56 Å². The molecule has 2 aromatic rings. The second-order valence-corrected chi connectivity index (χ2v) is 7.28. The number of likely N-dealkylation sites (N-methyl/N-ethyl adjacent to an activating group) is 1. The Hall–Kier alpha value is -2.66. The second-order valence-electron chi connectivity index (χ2n) is 7.28. The van der Waals surface area contributed by atoms with Crippen LogP contribution in [0.3, 0.4) is 0 Å². The maximum atomic E-state index is 12.6. The number of quaternary nitrogens is 1. The minimum atomic E-state index is -0.160. The normalized spacial score (nSPS) is 14.0. The largest absolute Gasteiger partial charge is 0.355 e. The summed E-state index contributed by atoms with van der Waals surface area (Å²) in [5.41, 5.74) is 3.00. The summed E-state index contributed by atoms with van der Waals surface area (Å²) in [6.45, 7) is 5.47. The number of rotatable bonds is 9. The van der Waals surface area contributed by atoms with Crippen LogP contribution in [0.4, 0.5) is 0 Å². The zero-order chi connectivity index (χ0) is 20.5. The average molecular weight is 383 g/mol. The maximum absolute atomic E-state index is 12.6. The first-order valence-corrected chi connectivity index (χ1v) is 9.92. The van der Waals surface area contributed by atoms with Gasteiger partial charge in [0, 0.05) is 30.6 Å². The summed E-state index contributed by atoms with van der Waals surface area (Å²) in [7, 11) is 3.64. The number of nitrogens with one attached hydrogen (secondary N) is 3. The highest BCUT2D eigenvalue weighted by Gasteiger charge is 2.22. The SMILES string of the molecule is CC[C@@H](CNC(=O)[C@@H](C)[NH+](C)Cc1ccc(C(=O)NC)cc1)c1ccccc1. The van der Waals surface area contributed by atoms with Crippen molar-refractivity contribution in [3.63, 3.8) is 0 Å². The molecule has 0 radical (unpaired) electrons. The van der Waals surface area contributed by atoms with Crippen molar-refractivity contribution in [2.24, 2.45) is 0 Å². The summed E-state index contributed by atoms with van der Waals surface area (Å²) >= 11 is 0. The van der Waals surface area contributed by atoms with Crippen LogP contribution < -0.4 is 15.5 Å². The van der Waals surface area contributed by atoms with E-state index in [0.717, 1.165) is 23.4 Å². The monoisotopic (exact) mass is 382 g/mol. The molecule has 2 amide bonds. The molecule has 28 heavy (non-hydrogen) atoms. The van der Waals surface area contributed by atoms with Crippen LogP contribution in [-0.4, -0.2) is 38.5 Å². The van der Waals surface area contributed by atoms with E-state index in [-0.39, 0.29) is 17.9 Å². The topological polar surface area (TPSA) is 62.6 Å². The van der Waals surface area contributed by atoms with Crippen molar-refractivity contribution in [3.8, 4) is 0 Å². The van der Waals surface area contributed by atoms with Gasteiger partial charge in [0.05, 0.1) is 7.05 Å².